The van der Waals surface area contributed by atoms with Gasteiger partial charge in [-0.05, 0) is 13.3 Å². The van der Waals surface area contributed by atoms with Crippen molar-refractivity contribution >= 4 is 5.69 Å². The molecule has 2 unspecified atom stereocenters. The third-order valence-corrected chi connectivity index (χ3v) is 3.41. The summed E-state index contributed by atoms with van der Waals surface area (Å²) in [5.74, 6) is -9.98. The summed E-state index contributed by atoms with van der Waals surface area (Å²) in [6, 6.07) is 0. The first-order chi connectivity index (χ1) is 8.84. The van der Waals surface area contributed by atoms with Gasteiger partial charge in [0.25, 0.3) is 0 Å². The molecule has 1 aliphatic heterocycles. The smallest absolute Gasteiger partial charge is 0.200 e. The zero-order chi connectivity index (χ0) is 14.3. The number of rotatable bonds is 2. The van der Waals surface area contributed by atoms with Crippen LogP contribution in [0.5, 0.6) is 0 Å². The van der Waals surface area contributed by atoms with E-state index in [1.165, 1.54) is 6.92 Å². The Balaban J connectivity index is 2.42. The molecule has 0 radical (unpaired) electrons. The van der Waals surface area contributed by atoms with E-state index >= 15 is 0 Å². The standard InChI is InChI=1S/C12H12F5NO/c1-5(19)6-2-3-18(4-6)12-10(16)8(14)7(13)9(15)11(12)17/h5-6,19H,2-4H2,1H3. The molecular formula is C12H12F5NO. The zero-order valence-corrected chi connectivity index (χ0v) is 10.1. The molecule has 1 aromatic carbocycles. The monoisotopic (exact) mass is 281 g/mol. The third kappa shape index (κ3) is 2.27. The minimum absolute atomic E-state index is 0.0516. The van der Waals surface area contributed by atoms with E-state index in [-0.39, 0.29) is 19.0 Å². The Kier molecular flexibility index (Phi) is 3.66. The molecule has 0 saturated carbocycles. The second-order valence-electron chi connectivity index (χ2n) is 4.65. The van der Waals surface area contributed by atoms with Crippen molar-refractivity contribution in [3.63, 3.8) is 0 Å². The van der Waals surface area contributed by atoms with Gasteiger partial charge in [-0.2, -0.15) is 0 Å². The molecule has 0 aliphatic carbocycles. The van der Waals surface area contributed by atoms with E-state index in [1.807, 2.05) is 0 Å². The van der Waals surface area contributed by atoms with Crippen LogP contribution in [0.1, 0.15) is 13.3 Å². The molecule has 0 aromatic heterocycles. The second kappa shape index (κ2) is 4.96. The summed E-state index contributed by atoms with van der Waals surface area (Å²) in [7, 11) is 0. The van der Waals surface area contributed by atoms with Crippen LogP contribution >= 0.6 is 0 Å². The Bertz CT molecular complexity index is 476. The van der Waals surface area contributed by atoms with E-state index in [0.717, 1.165) is 4.90 Å². The van der Waals surface area contributed by atoms with Crippen LogP contribution in [0.2, 0.25) is 0 Å². The van der Waals surface area contributed by atoms with Gasteiger partial charge in [-0.15, -0.1) is 0 Å². The molecule has 2 nitrogen and oxygen atoms in total. The average Bonchev–Trinajstić information content (AvgIpc) is 2.84. The van der Waals surface area contributed by atoms with Gasteiger partial charge in [0.15, 0.2) is 23.3 Å². The molecule has 1 N–H and O–H groups in total. The van der Waals surface area contributed by atoms with E-state index in [0.29, 0.717) is 6.42 Å². The van der Waals surface area contributed by atoms with Gasteiger partial charge >= 0.3 is 0 Å². The molecule has 1 aromatic rings. The lowest BCUT2D eigenvalue weighted by molar-refractivity contribution is 0.136. The SMILES string of the molecule is CC(O)C1CCN(c2c(F)c(F)c(F)c(F)c2F)C1. The van der Waals surface area contributed by atoms with E-state index in [1.54, 1.807) is 0 Å². The maximum absolute atomic E-state index is 13.6. The summed E-state index contributed by atoms with van der Waals surface area (Å²) in [4.78, 5) is 1.08. The van der Waals surface area contributed by atoms with E-state index in [4.69, 9.17) is 0 Å². The first kappa shape index (κ1) is 14.0. The van der Waals surface area contributed by atoms with Crippen molar-refractivity contribution < 1.29 is 27.1 Å². The summed E-state index contributed by atoms with van der Waals surface area (Å²) in [5, 5.41) is 9.39. The fourth-order valence-corrected chi connectivity index (χ4v) is 2.26. The highest BCUT2D eigenvalue weighted by atomic mass is 19.2. The third-order valence-electron chi connectivity index (χ3n) is 3.41. The minimum atomic E-state index is -2.16. The highest BCUT2D eigenvalue weighted by Gasteiger charge is 2.33. The van der Waals surface area contributed by atoms with Crippen LogP contribution in [-0.4, -0.2) is 24.3 Å². The van der Waals surface area contributed by atoms with Crippen LogP contribution < -0.4 is 4.90 Å². The predicted molar refractivity (Wildman–Crippen MR) is 58.2 cm³/mol. The first-order valence-corrected chi connectivity index (χ1v) is 5.79. The lowest BCUT2D eigenvalue weighted by Gasteiger charge is -2.21. The molecular weight excluding hydrogens is 269 g/mol. The van der Waals surface area contributed by atoms with Gasteiger partial charge in [0.2, 0.25) is 5.82 Å². The summed E-state index contributed by atoms with van der Waals surface area (Å²) in [5.41, 5.74) is -0.917. The highest BCUT2D eigenvalue weighted by Crippen LogP contribution is 2.34. The molecule has 0 spiro atoms. The number of hydrogen-bond acceptors (Lipinski definition) is 2. The van der Waals surface area contributed by atoms with Gasteiger partial charge in [0, 0.05) is 19.0 Å². The Morgan fingerprint density at radius 1 is 1.00 bits per heavy atom. The van der Waals surface area contributed by atoms with Gasteiger partial charge in [-0.25, -0.2) is 22.0 Å². The van der Waals surface area contributed by atoms with E-state index in [2.05, 4.69) is 0 Å². The van der Waals surface area contributed by atoms with Crippen LogP contribution in [0.15, 0.2) is 0 Å². The van der Waals surface area contributed by atoms with Crippen LogP contribution in [0.4, 0.5) is 27.6 Å². The summed E-state index contributed by atoms with van der Waals surface area (Å²) in [6.07, 6.45) is -0.275. The zero-order valence-electron chi connectivity index (χ0n) is 10.1. The molecule has 1 fully saturated rings. The van der Waals surface area contributed by atoms with E-state index < -0.39 is 40.9 Å². The molecule has 0 amide bonds. The number of hydrogen-bond donors (Lipinski definition) is 1. The topological polar surface area (TPSA) is 23.5 Å². The van der Waals surface area contributed by atoms with Crippen molar-refractivity contribution in [2.75, 3.05) is 18.0 Å². The van der Waals surface area contributed by atoms with Crippen molar-refractivity contribution in [2.24, 2.45) is 5.92 Å². The van der Waals surface area contributed by atoms with Crippen molar-refractivity contribution in [1.29, 1.82) is 0 Å². The van der Waals surface area contributed by atoms with Gasteiger partial charge in [0.05, 0.1) is 6.10 Å². The first-order valence-electron chi connectivity index (χ1n) is 5.79. The van der Waals surface area contributed by atoms with Crippen LogP contribution in [0, 0.1) is 35.0 Å². The Labute approximate surface area is 106 Å². The van der Waals surface area contributed by atoms with Gasteiger partial charge in [-0.1, -0.05) is 0 Å². The number of nitrogens with zero attached hydrogens (tertiary/aromatic N) is 1. The van der Waals surface area contributed by atoms with Crippen LogP contribution in [0.25, 0.3) is 0 Å². The van der Waals surface area contributed by atoms with Crippen LogP contribution in [0.3, 0.4) is 0 Å². The minimum Gasteiger partial charge on any atom is -0.393 e. The predicted octanol–water partition coefficient (Wildman–Crippen LogP) is 2.59. The molecule has 1 heterocycles. The number of benzene rings is 1. The quantitative estimate of drug-likeness (QED) is 0.511. The molecule has 1 saturated heterocycles. The van der Waals surface area contributed by atoms with Gasteiger partial charge < -0.3 is 10.0 Å². The summed E-state index contributed by atoms with van der Waals surface area (Å²) in [6.45, 7) is 1.71. The fourth-order valence-electron chi connectivity index (χ4n) is 2.26. The fraction of sp³-hybridized carbons (Fsp3) is 0.500. The second-order valence-corrected chi connectivity index (χ2v) is 4.65. The van der Waals surface area contributed by atoms with Gasteiger partial charge in [-0.3, -0.25) is 0 Å². The number of anilines is 1. The number of aliphatic hydroxyl groups is 1. The van der Waals surface area contributed by atoms with Crippen molar-refractivity contribution in [2.45, 2.75) is 19.4 Å². The van der Waals surface area contributed by atoms with Crippen molar-refractivity contribution in [3.05, 3.63) is 29.1 Å². The van der Waals surface area contributed by atoms with Crippen LogP contribution in [-0.2, 0) is 0 Å². The molecule has 2 atom stereocenters. The molecule has 19 heavy (non-hydrogen) atoms. The highest BCUT2D eigenvalue weighted by molar-refractivity contribution is 5.51. The average molecular weight is 281 g/mol. The Morgan fingerprint density at radius 3 is 1.89 bits per heavy atom. The number of aliphatic hydroxyl groups excluding tert-OH is 1. The van der Waals surface area contributed by atoms with Gasteiger partial charge in [0.1, 0.15) is 5.69 Å². The Morgan fingerprint density at radius 2 is 1.47 bits per heavy atom. The van der Waals surface area contributed by atoms with E-state index in [9.17, 15) is 27.1 Å². The maximum atomic E-state index is 13.6. The Hall–Kier alpha value is -1.37. The lowest BCUT2D eigenvalue weighted by Crippen LogP contribution is -2.26. The normalized spacial score (nSPS) is 21.0. The summed E-state index contributed by atoms with van der Waals surface area (Å²) >= 11 is 0. The lowest BCUT2D eigenvalue weighted by atomic mass is 10.0. The summed E-state index contributed by atoms with van der Waals surface area (Å²) < 4.78 is 66.2. The van der Waals surface area contributed by atoms with Crippen molar-refractivity contribution in [1.82, 2.24) is 0 Å². The maximum Gasteiger partial charge on any atom is 0.200 e. The molecule has 106 valence electrons. The molecule has 7 heteroatoms. The molecule has 2 rings (SSSR count). The molecule has 0 bridgehead atoms. The van der Waals surface area contributed by atoms with Crippen molar-refractivity contribution in [3.8, 4) is 0 Å². The number of halogens is 5. The largest absolute Gasteiger partial charge is 0.393 e. The molecule has 1 aliphatic rings.